The molecular weight excluding hydrogens is 408 g/mol. The van der Waals surface area contributed by atoms with Crippen molar-refractivity contribution in [3.05, 3.63) is 54.1 Å². The summed E-state index contributed by atoms with van der Waals surface area (Å²) in [5, 5.41) is 0. The standard InChI is InChI=1S/C30H46O3/c1-3-5-6-7-8-9-10-12-24-33-30-21-19-29(20-22-30)28-17-15-27(16-18-28)14-11-13-23-32-26-25-31-4-2/h15-22H,3-14,23-26H2,1-2H3. The Morgan fingerprint density at radius 3 is 1.76 bits per heavy atom. The Bertz CT molecular complexity index is 693. The van der Waals surface area contributed by atoms with Gasteiger partial charge < -0.3 is 14.2 Å². The molecular formula is C30H46O3. The van der Waals surface area contributed by atoms with E-state index in [0.29, 0.717) is 13.2 Å². The van der Waals surface area contributed by atoms with E-state index in [1.165, 1.54) is 61.6 Å². The summed E-state index contributed by atoms with van der Waals surface area (Å²) in [5.74, 6) is 0.974. The van der Waals surface area contributed by atoms with Gasteiger partial charge in [0.2, 0.25) is 0 Å². The molecule has 0 N–H and O–H groups in total. The van der Waals surface area contributed by atoms with E-state index in [1.54, 1.807) is 0 Å². The second-order valence-corrected chi connectivity index (χ2v) is 8.81. The second kappa shape index (κ2) is 18.6. The molecule has 0 aliphatic carbocycles. The molecule has 2 aromatic rings. The molecule has 0 saturated carbocycles. The first-order valence-corrected chi connectivity index (χ1v) is 13.3. The van der Waals surface area contributed by atoms with Crippen molar-refractivity contribution in [2.45, 2.75) is 84.5 Å². The lowest BCUT2D eigenvalue weighted by Crippen LogP contribution is -2.05. The monoisotopic (exact) mass is 454 g/mol. The third-order valence-electron chi connectivity index (χ3n) is 5.99. The van der Waals surface area contributed by atoms with E-state index in [9.17, 15) is 0 Å². The Morgan fingerprint density at radius 1 is 0.515 bits per heavy atom. The maximum absolute atomic E-state index is 5.94. The summed E-state index contributed by atoms with van der Waals surface area (Å²) in [6.45, 7) is 8.08. The highest BCUT2D eigenvalue weighted by molar-refractivity contribution is 5.64. The van der Waals surface area contributed by atoms with Gasteiger partial charge in [-0.25, -0.2) is 0 Å². The molecule has 0 bridgehead atoms. The first-order chi connectivity index (χ1) is 16.3. The minimum atomic E-state index is 0.699. The lowest BCUT2D eigenvalue weighted by Gasteiger charge is -2.08. The largest absolute Gasteiger partial charge is 0.494 e. The van der Waals surface area contributed by atoms with Gasteiger partial charge >= 0.3 is 0 Å². The van der Waals surface area contributed by atoms with Crippen LogP contribution in [0.25, 0.3) is 11.1 Å². The van der Waals surface area contributed by atoms with Crippen LogP contribution in [0.5, 0.6) is 5.75 Å². The number of hydrogen-bond acceptors (Lipinski definition) is 3. The summed E-state index contributed by atoms with van der Waals surface area (Å²) in [7, 11) is 0. The summed E-state index contributed by atoms with van der Waals surface area (Å²) in [4.78, 5) is 0. The van der Waals surface area contributed by atoms with E-state index < -0.39 is 0 Å². The maximum atomic E-state index is 5.94. The predicted molar refractivity (Wildman–Crippen MR) is 140 cm³/mol. The third kappa shape index (κ3) is 12.8. The van der Waals surface area contributed by atoms with Crippen LogP contribution >= 0.6 is 0 Å². The van der Waals surface area contributed by atoms with Crippen LogP contribution in [0.15, 0.2) is 48.5 Å². The van der Waals surface area contributed by atoms with Crippen LogP contribution in [0, 0.1) is 0 Å². The van der Waals surface area contributed by atoms with Crippen molar-refractivity contribution in [1.29, 1.82) is 0 Å². The molecule has 0 heterocycles. The molecule has 0 fully saturated rings. The van der Waals surface area contributed by atoms with Crippen LogP contribution < -0.4 is 4.74 Å². The molecule has 0 aliphatic heterocycles. The fourth-order valence-electron chi connectivity index (χ4n) is 3.93. The molecule has 0 atom stereocenters. The lowest BCUT2D eigenvalue weighted by atomic mass is 10.0. The number of hydrogen-bond donors (Lipinski definition) is 0. The second-order valence-electron chi connectivity index (χ2n) is 8.81. The first kappa shape index (κ1) is 27.4. The summed E-state index contributed by atoms with van der Waals surface area (Å²) in [6, 6.07) is 17.5. The molecule has 2 rings (SSSR count). The minimum Gasteiger partial charge on any atom is -0.494 e. The van der Waals surface area contributed by atoms with E-state index in [0.717, 1.165) is 51.3 Å². The third-order valence-corrected chi connectivity index (χ3v) is 5.99. The van der Waals surface area contributed by atoms with Crippen molar-refractivity contribution in [1.82, 2.24) is 0 Å². The highest BCUT2D eigenvalue weighted by Crippen LogP contribution is 2.23. The molecule has 33 heavy (non-hydrogen) atoms. The number of rotatable bonds is 20. The Balaban J connectivity index is 1.59. The minimum absolute atomic E-state index is 0.699. The van der Waals surface area contributed by atoms with Crippen molar-refractivity contribution < 1.29 is 14.2 Å². The summed E-state index contributed by atoms with van der Waals surface area (Å²) >= 11 is 0. The van der Waals surface area contributed by atoms with Crippen LogP contribution in [0.4, 0.5) is 0 Å². The van der Waals surface area contributed by atoms with E-state index >= 15 is 0 Å². The van der Waals surface area contributed by atoms with Gasteiger partial charge in [-0.1, -0.05) is 88.3 Å². The zero-order valence-electron chi connectivity index (χ0n) is 21.2. The molecule has 0 radical (unpaired) electrons. The van der Waals surface area contributed by atoms with E-state index in [-0.39, 0.29) is 0 Å². The molecule has 0 amide bonds. The smallest absolute Gasteiger partial charge is 0.119 e. The molecule has 0 saturated heterocycles. The van der Waals surface area contributed by atoms with Crippen LogP contribution in [0.2, 0.25) is 0 Å². The lowest BCUT2D eigenvalue weighted by molar-refractivity contribution is 0.0514. The van der Waals surface area contributed by atoms with Gasteiger partial charge in [-0.15, -0.1) is 0 Å². The summed E-state index contributed by atoms with van der Waals surface area (Å²) in [5.41, 5.74) is 3.88. The van der Waals surface area contributed by atoms with Crippen LogP contribution in [0.1, 0.15) is 83.6 Å². The average molecular weight is 455 g/mol. The highest BCUT2D eigenvalue weighted by atomic mass is 16.5. The Morgan fingerprint density at radius 2 is 1.09 bits per heavy atom. The Kier molecular flexibility index (Phi) is 15.4. The van der Waals surface area contributed by atoms with Crippen molar-refractivity contribution >= 4 is 0 Å². The van der Waals surface area contributed by atoms with Gasteiger partial charge in [0.15, 0.2) is 0 Å². The van der Waals surface area contributed by atoms with Crippen molar-refractivity contribution in [3.8, 4) is 16.9 Å². The Hall–Kier alpha value is -1.84. The van der Waals surface area contributed by atoms with Crippen LogP contribution in [-0.4, -0.2) is 33.0 Å². The van der Waals surface area contributed by atoms with Crippen molar-refractivity contribution in [3.63, 3.8) is 0 Å². The predicted octanol–water partition coefficient (Wildman–Crippen LogP) is 8.25. The van der Waals surface area contributed by atoms with E-state index in [1.807, 2.05) is 6.92 Å². The zero-order valence-corrected chi connectivity index (χ0v) is 21.2. The number of benzene rings is 2. The van der Waals surface area contributed by atoms with Gasteiger partial charge in [0.25, 0.3) is 0 Å². The number of ether oxygens (including phenoxy) is 3. The van der Waals surface area contributed by atoms with Crippen LogP contribution in [-0.2, 0) is 15.9 Å². The van der Waals surface area contributed by atoms with Gasteiger partial charge in [-0.05, 0) is 61.4 Å². The molecule has 0 unspecified atom stereocenters. The molecule has 0 aliphatic rings. The van der Waals surface area contributed by atoms with Crippen LogP contribution in [0.3, 0.4) is 0 Å². The molecule has 0 spiro atoms. The SMILES string of the molecule is CCCCCCCCCCOc1ccc(-c2ccc(CCCCOCCOCC)cc2)cc1. The van der Waals surface area contributed by atoms with Gasteiger partial charge in [0.1, 0.15) is 5.75 Å². The Labute approximate surface area is 202 Å². The number of unbranched alkanes of at least 4 members (excludes halogenated alkanes) is 8. The first-order valence-electron chi connectivity index (χ1n) is 13.3. The molecule has 3 heteroatoms. The molecule has 0 aromatic heterocycles. The van der Waals surface area contributed by atoms with Gasteiger partial charge in [-0.2, -0.15) is 0 Å². The normalized spacial score (nSPS) is 11.1. The molecule has 2 aromatic carbocycles. The number of aryl methyl sites for hydroxylation is 1. The average Bonchev–Trinajstić information content (AvgIpc) is 2.85. The summed E-state index contributed by atoms with van der Waals surface area (Å²) < 4.78 is 16.8. The highest BCUT2D eigenvalue weighted by Gasteiger charge is 2.01. The van der Waals surface area contributed by atoms with E-state index in [4.69, 9.17) is 14.2 Å². The molecule has 184 valence electrons. The zero-order chi connectivity index (χ0) is 23.4. The fourth-order valence-corrected chi connectivity index (χ4v) is 3.93. The van der Waals surface area contributed by atoms with E-state index in [2.05, 4.69) is 55.5 Å². The van der Waals surface area contributed by atoms with Gasteiger partial charge in [-0.3, -0.25) is 0 Å². The molecule has 3 nitrogen and oxygen atoms in total. The van der Waals surface area contributed by atoms with Gasteiger partial charge in [0.05, 0.1) is 19.8 Å². The maximum Gasteiger partial charge on any atom is 0.119 e. The van der Waals surface area contributed by atoms with Gasteiger partial charge in [0, 0.05) is 13.2 Å². The summed E-state index contributed by atoms with van der Waals surface area (Å²) in [6.07, 6.45) is 14.0. The van der Waals surface area contributed by atoms with Crippen molar-refractivity contribution in [2.24, 2.45) is 0 Å². The van der Waals surface area contributed by atoms with Crippen molar-refractivity contribution in [2.75, 3.05) is 33.0 Å². The topological polar surface area (TPSA) is 27.7 Å². The quantitative estimate of drug-likeness (QED) is 0.188. The fraction of sp³-hybridized carbons (Fsp3) is 0.600.